The lowest BCUT2D eigenvalue weighted by molar-refractivity contribution is 0.0938. The third-order valence-corrected chi connectivity index (χ3v) is 2.07. The van der Waals surface area contributed by atoms with Crippen molar-refractivity contribution in [3.8, 4) is 5.75 Å². The Morgan fingerprint density at radius 2 is 2.41 bits per heavy atom. The Balaban J connectivity index is 2.64. The van der Waals surface area contributed by atoms with Gasteiger partial charge in [-0.25, -0.2) is 0 Å². The molecule has 7 heteroatoms. The molecule has 0 fully saturated rings. The highest BCUT2D eigenvalue weighted by atomic mass is 16.4. The Kier molecular flexibility index (Phi) is 4.27. The van der Waals surface area contributed by atoms with E-state index in [0.29, 0.717) is 0 Å². The molecular formula is C10H14N4O3. The molecule has 0 spiro atoms. The number of aromatic nitrogens is 1. The fourth-order valence-corrected chi connectivity index (χ4v) is 1.29. The first-order valence-electron chi connectivity index (χ1n) is 4.94. The van der Waals surface area contributed by atoms with Crippen LogP contribution in [0.4, 0.5) is 0 Å². The molecule has 1 heterocycles. The number of amides is 1. The second-order valence-electron chi connectivity index (χ2n) is 3.56. The zero-order valence-corrected chi connectivity index (χ0v) is 9.29. The number of hydrogen-bond acceptors (Lipinski definition) is 5. The summed E-state index contributed by atoms with van der Waals surface area (Å²) in [4.78, 5) is 15.4. The number of oxime groups is 1. The van der Waals surface area contributed by atoms with Crippen LogP contribution < -0.4 is 11.1 Å². The van der Waals surface area contributed by atoms with E-state index in [4.69, 9.17) is 10.9 Å². The summed E-state index contributed by atoms with van der Waals surface area (Å²) in [7, 11) is 0. The predicted molar refractivity (Wildman–Crippen MR) is 60.9 cm³/mol. The van der Waals surface area contributed by atoms with Crippen LogP contribution in [0.2, 0.25) is 0 Å². The molecule has 5 N–H and O–H groups in total. The van der Waals surface area contributed by atoms with E-state index in [1.165, 1.54) is 18.5 Å². The van der Waals surface area contributed by atoms with E-state index in [1.54, 1.807) is 6.92 Å². The number of amidine groups is 1. The molecule has 0 bridgehead atoms. The molecule has 0 saturated heterocycles. The average Bonchev–Trinajstić information content (AvgIpc) is 2.29. The molecule has 1 aromatic heterocycles. The Hall–Kier alpha value is -2.31. The minimum Gasteiger partial charge on any atom is -0.505 e. The van der Waals surface area contributed by atoms with Crippen LogP contribution in [0.25, 0.3) is 0 Å². The molecule has 1 rings (SSSR count). The first-order chi connectivity index (χ1) is 8.04. The SMILES string of the molecule is CC(C/C(N)=N/O)NC(=O)c1ccncc1O. The second-order valence-corrected chi connectivity index (χ2v) is 3.56. The van der Waals surface area contributed by atoms with Gasteiger partial charge in [0.2, 0.25) is 0 Å². The number of nitrogens with two attached hydrogens (primary N) is 1. The quantitative estimate of drug-likeness (QED) is 0.255. The van der Waals surface area contributed by atoms with Crippen molar-refractivity contribution in [3.63, 3.8) is 0 Å². The maximum atomic E-state index is 11.7. The largest absolute Gasteiger partial charge is 0.505 e. The Morgan fingerprint density at radius 3 is 3.00 bits per heavy atom. The van der Waals surface area contributed by atoms with Crippen LogP contribution in [-0.2, 0) is 0 Å². The van der Waals surface area contributed by atoms with Gasteiger partial charge < -0.3 is 21.4 Å². The lowest BCUT2D eigenvalue weighted by Gasteiger charge is -2.13. The van der Waals surface area contributed by atoms with E-state index in [0.717, 1.165) is 0 Å². The summed E-state index contributed by atoms with van der Waals surface area (Å²) in [5, 5.41) is 23.2. The van der Waals surface area contributed by atoms with Crippen LogP contribution in [0.5, 0.6) is 5.75 Å². The number of nitrogens with zero attached hydrogens (tertiary/aromatic N) is 2. The van der Waals surface area contributed by atoms with Crippen LogP contribution in [0.3, 0.4) is 0 Å². The van der Waals surface area contributed by atoms with Gasteiger partial charge in [-0.1, -0.05) is 5.16 Å². The molecule has 17 heavy (non-hydrogen) atoms. The molecular weight excluding hydrogens is 224 g/mol. The van der Waals surface area contributed by atoms with E-state index in [9.17, 15) is 9.90 Å². The molecule has 0 aromatic carbocycles. The van der Waals surface area contributed by atoms with Crippen molar-refractivity contribution in [1.29, 1.82) is 0 Å². The third kappa shape index (κ3) is 3.63. The molecule has 92 valence electrons. The normalized spacial score (nSPS) is 13.1. The van der Waals surface area contributed by atoms with Crippen molar-refractivity contribution in [3.05, 3.63) is 24.0 Å². The zero-order valence-electron chi connectivity index (χ0n) is 9.29. The molecule has 1 aromatic rings. The van der Waals surface area contributed by atoms with Crippen LogP contribution in [0, 0.1) is 0 Å². The summed E-state index contributed by atoms with van der Waals surface area (Å²) < 4.78 is 0. The second kappa shape index (κ2) is 5.69. The molecule has 1 unspecified atom stereocenters. The summed E-state index contributed by atoms with van der Waals surface area (Å²) in [6.07, 6.45) is 2.81. The fourth-order valence-electron chi connectivity index (χ4n) is 1.29. The first-order valence-corrected chi connectivity index (χ1v) is 4.94. The van der Waals surface area contributed by atoms with E-state index in [-0.39, 0.29) is 29.6 Å². The van der Waals surface area contributed by atoms with E-state index >= 15 is 0 Å². The fraction of sp³-hybridized carbons (Fsp3) is 0.300. The topological polar surface area (TPSA) is 121 Å². The summed E-state index contributed by atoms with van der Waals surface area (Å²) in [5.74, 6) is -0.610. The summed E-state index contributed by atoms with van der Waals surface area (Å²) in [5.41, 5.74) is 5.44. The summed E-state index contributed by atoms with van der Waals surface area (Å²) in [6, 6.07) is 1.09. The van der Waals surface area contributed by atoms with Crippen LogP contribution in [0.15, 0.2) is 23.6 Å². The number of carbonyl (C=O) groups is 1. The molecule has 0 aliphatic rings. The average molecular weight is 238 g/mol. The van der Waals surface area contributed by atoms with Crippen molar-refractivity contribution >= 4 is 11.7 Å². The number of carbonyl (C=O) groups excluding carboxylic acids is 1. The minimum atomic E-state index is -0.442. The van der Waals surface area contributed by atoms with Gasteiger partial charge in [0.1, 0.15) is 11.6 Å². The van der Waals surface area contributed by atoms with Gasteiger partial charge in [0.05, 0.1) is 11.8 Å². The first kappa shape index (κ1) is 12.8. The Labute approximate surface area is 98.0 Å². The molecule has 1 atom stereocenters. The predicted octanol–water partition coefficient (Wildman–Crippen LogP) is 0.0420. The number of nitrogens with one attached hydrogen (secondary N) is 1. The number of hydrogen-bond donors (Lipinski definition) is 4. The number of rotatable bonds is 4. The third-order valence-electron chi connectivity index (χ3n) is 2.07. The van der Waals surface area contributed by atoms with Gasteiger partial charge in [-0.3, -0.25) is 9.78 Å². The summed E-state index contributed by atoms with van der Waals surface area (Å²) in [6.45, 7) is 1.70. The van der Waals surface area contributed by atoms with Gasteiger partial charge in [0.25, 0.3) is 5.91 Å². The standard InChI is InChI=1S/C10H14N4O3/c1-6(4-9(11)14-17)13-10(16)7-2-3-12-5-8(7)15/h2-3,5-6,15,17H,4H2,1H3,(H2,11,14)(H,13,16). The lowest BCUT2D eigenvalue weighted by Crippen LogP contribution is -2.35. The minimum absolute atomic E-state index is 0.0248. The van der Waals surface area contributed by atoms with Crippen molar-refractivity contribution in [2.75, 3.05) is 0 Å². The highest BCUT2D eigenvalue weighted by Crippen LogP contribution is 2.13. The lowest BCUT2D eigenvalue weighted by atomic mass is 10.2. The van der Waals surface area contributed by atoms with E-state index in [1.807, 2.05) is 0 Å². The highest BCUT2D eigenvalue weighted by molar-refractivity contribution is 5.97. The molecule has 0 aliphatic carbocycles. The van der Waals surface area contributed by atoms with Crippen LogP contribution >= 0.6 is 0 Å². The van der Waals surface area contributed by atoms with Crippen LogP contribution in [-0.4, -0.2) is 33.1 Å². The molecule has 1 amide bonds. The van der Waals surface area contributed by atoms with E-state index in [2.05, 4.69) is 15.5 Å². The van der Waals surface area contributed by atoms with Gasteiger partial charge in [0, 0.05) is 18.7 Å². The van der Waals surface area contributed by atoms with Crippen molar-refractivity contribution in [2.24, 2.45) is 10.9 Å². The Bertz CT molecular complexity index is 433. The maximum absolute atomic E-state index is 11.7. The van der Waals surface area contributed by atoms with Gasteiger partial charge in [-0.15, -0.1) is 0 Å². The molecule has 0 radical (unpaired) electrons. The van der Waals surface area contributed by atoms with Gasteiger partial charge in [0.15, 0.2) is 0 Å². The van der Waals surface area contributed by atoms with E-state index < -0.39 is 5.91 Å². The smallest absolute Gasteiger partial charge is 0.255 e. The summed E-state index contributed by atoms with van der Waals surface area (Å²) >= 11 is 0. The monoisotopic (exact) mass is 238 g/mol. The van der Waals surface area contributed by atoms with Crippen molar-refractivity contribution < 1.29 is 15.1 Å². The van der Waals surface area contributed by atoms with Crippen molar-refractivity contribution in [1.82, 2.24) is 10.3 Å². The number of aromatic hydroxyl groups is 1. The van der Waals surface area contributed by atoms with Crippen molar-refractivity contribution in [2.45, 2.75) is 19.4 Å². The van der Waals surface area contributed by atoms with Gasteiger partial charge in [-0.05, 0) is 13.0 Å². The van der Waals surface area contributed by atoms with Gasteiger partial charge in [-0.2, -0.15) is 0 Å². The zero-order chi connectivity index (χ0) is 12.8. The molecule has 7 nitrogen and oxygen atoms in total. The molecule has 0 saturated carbocycles. The maximum Gasteiger partial charge on any atom is 0.255 e. The number of pyridine rings is 1. The Morgan fingerprint density at radius 1 is 1.71 bits per heavy atom. The molecule has 0 aliphatic heterocycles. The van der Waals surface area contributed by atoms with Gasteiger partial charge >= 0.3 is 0 Å². The van der Waals surface area contributed by atoms with Crippen LogP contribution in [0.1, 0.15) is 23.7 Å². The highest BCUT2D eigenvalue weighted by Gasteiger charge is 2.14.